The third kappa shape index (κ3) is 3.03. The summed E-state index contributed by atoms with van der Waals surface area (Å²) in [5, 5.41) is 8.92. The molecule has 0 radical (unpaired) electrons. The Morgan fingerprint density at radius 3 is 2.75 bits per heavy atom. The molecule has 3 rings (SSSR count). The van der Waals surface area contributed by atoms with Gasteiger partial charge in [-0.25, -0.2) is 9.18 Å². The topological polar surface area (TPSA) is 71.8 Å². The highest BCUT2D eigenvalue weighted by Gasteiger charge is 2.32. The Kier molecular flexibility index (Phi) is 4.35. The molecule has 0 aliphatic carbocycles. The van der Waals surface area contributed by atoms with Crippen LogP contribution in [-0.4, -0.2) is 35.0 Å². The Hall–Kier alpha value is -2.67. The van der Waals surface area contributed by atoms with E-state index in [1.807, 2.05) is 0 Å². The fourth-order valence-corrected chi connectivity index (χ4v) is 2.69. The summed E-state index contributed by atoms with van der Waals surface area (Å²) in [7, 11) is 1.60. The molecule has 7 heteroatoms. The number of hydrogen-bond acceptors (Lipinski definition) is 4. The Labute approximate surface area is 137 Å². The van der Waals surface area contributed by atoms with E-state index in [0.717, 1.165) is 0 Å². The van der Waals surface area contributed by atoms with Crippen molar-refractivity contribution in [1.29, 1.82) is 0 Å². The summed E-state index contributed by atoms with van der Waals surface area (Å²) in [6, 6.07) is 7.40. The molecule has 1 aromatic heterocycles. The molecule has 1 saturated heterocycles. The maximum Gasteiger partial charge on any atom is 0.414 e. The Morgan fingerprint density at radius 1 is 1.29 bits per heavy atom. The van der Waals surface area contributed by atoms with Crippen LogP contribution >= 0.6 is 0 Å². The number of nitrogens with zero attached hydrogens (tertiary/aromatic N) is 2. The second-order valence-corrected chi connectivity index (χ2v) is 5.66. The number of aryl methyl sites for hydroxylation is 1. The maximum absolute atomic E-state index is 14.5. The third-order valence-electron chi connectivity index (χ3n) is 3.99. The van der Waals surface area contributed by atoms with Crippen LogP contribution in [0.2, 0.25) is 0 Å². The number of anilines is 1. The van der Waals surface area contributed by atoms with E-state index in [4.69, 9.17) is 9.84 Å². The molecule has 1 fully saturated rings. The van der Waals surface area contributed by atoms with Crippen molar-refractivity contribution in [1.82, 2.24) is 4.57 Å². The number of ether oxygens (including phenoxy) is 1. The zero-order valence-corrected chi connectivity index (χ0v) is 13.1. The minimum absolute atomic E-state index is 0.0776. The number of halogens is 1. The van der Waals surface area contributed by atoms with E-state index in [2.05, 4.69) is 0 Å². The average Bonchev–Trinajstić information content (AvgIpc) is 2.91. The highest BCUT2D eigenvalue weighted by atomic mass is 19.1. The molecule has 2 heterocycles. The molecule has 1 N–H and O–H groups in total. The summed E-state index contributed by atoms with van der Waals surface area (Å²) in [6.45, 7) is 0.198. The maximum atomic E-state index is 14.5. The predicted octanol–water partition coefficient (Wildman–Crippen LogP) is 1.90. The van der Waals surface area contributed by atoms with Gasteiger partial charge in [-0.2, -0.15) is 0 Å². The highest BCUT2D eigenvalue weighted by Crippen LogP contribution is 2.29. The second kappa shape index (κ2) is 6.45. The van der Waals surface area contributed by atoms with Crippen molar-refractivity contribution >= 4 is 11.8 Å². The Balaban J connectivity index is 1.89. The molecule has 1 aromatic carbocycles. The number of aliphatic hydroxyl groups is 1. The molecular weight excluding hydrogens is 315 g/mol. The number of aromatic nitrogens is 1. The first-order valence-corrected chi connectivity index (χ1v) is 7.55. The lowest BCUT2D eigenvalue weighted by molar-refractivity contribution is 0.122. The van der Waals surface area contributed by atoms with Crippen LogP contribution < -0.4 is 10.5 Å². The van der Waals surface area contributed by atoms with Gasteiger partial charge >= 0.3 is 6.09 Å². The average molecular weight is 332 g/mol. The van der Waals surface area contributed by atoms with E-state index in [-0.39, 0.29) is 18.7 Å². The van der Waals surface area contributed by atoms with Gasteiger partial charge in [-0.05, 0) is 24.3 Å². The molecule has 126 valence electrons. The second-order valence-electron chi connectivity index (χ2n) is 5.66. The molecule has 2 aromatic rings. The minimum Gasteiger partial charge on any atom is -0.444 e. The smallest absolute Gasteiger partial charge is 0.414 e. The van der Waals surface area contributed by atoms with Crippen molar-refractivity contribution in [3.63, 3.8) is 0 Å². The van der Waals surface area contributed by atoms with Crippen molar-refractivity contribution in [2.75, 3.05) is 18.1 Å². The number of aliphatic hydroxyl groups excluding tert-OH is 1. The number of hydrogen-bond donors (Lipinski definition) is 1. The fourth-order valence-electron chi connectivity index (χ4n) is 2.69. The number of benzene rings is 1. The van der Waals surface area contributed by atoms with Crippen LogP contribution in [-0.2, 0) is 11.8 Å². The lowest BCUT2D eigenvalue weighted by Gasteiger charge is -2.14. The van der Waals surface area contributed by atoms with E-state index < -0.39 is 18.0 Å². The molecule has 1 atom stereocenters. The number of carbonyl (C=O) groups excluding carboxylic acids is 1. The molecule has 0 saturated carbocycles. The number of pyridine rings is 1. The normalized spacial score (nSPS) is 17.2. The number of cyclic esters (lactones) is 1. The van der Waals surface area contributed by atoms with Crippen LogP contribution in [0.25, 0.3) is 11.1 Å². The van der Waals surface area contributed by atoms with E-state index in [1.54, 1.807) is 31.4 Å². The van der Waals surface area contributed by atoms with E-state index in [9.17, 15) is 14.0 Å². The lowest BCUT2D eigenvalue weighted by Crippen LogP contribution is -2.24. The summed E-state index contributed by atoms with van der Waals surface area (Å²) in [5.41, 5.74) is 1.13. The molecule has 6 nitrogen and oxygen atoms in total. The zero-order valence-electron chi connectivity index (χ0n) is 13.1. The SMILES string of the molecule is Cn1cc(-c2ccc(N3C[C@H](CCO)OC3=O)cc2F)ccc1=O. The molecule has 1 amide bonds. The van der Waals surface area contributed by atoms with E-state index >= 15 is 0 Å². The van der Waals surface area contributed by atoms with Crippen molar-refractivity contribution in [3.8, 4) is 11.1 Å². The van der Waals surface area contributed by atoms with Crippen LogP contribution in [0, 0.1) is 5.82 Å². The van der Waals surface area contributed by atoms with Crippen molar-refractivity contribution in [2.45, 2.75) is 12.5 Å². The van der Waals surface area contributed by atoms with Gasteiger partial charge in [-0.1, -0.05) is 0 Å². The standard InChI is InChI=1S/C17H17FN2O4/c1-19-9-11(2-5-16(19)22)14-4-3-12(8-15(14)18)20-10-13(6-7-21)24-17(20)23/h2-5,8-9,13,21H,6-7,10H2,1H3/t13-/m0/s1. The van der Waals surface area contributed by atoms with Gasteiger partial charge in [0.15, 0.2) is 0 Å². The van der Waals surface area contributed by atoms with Crippen molar-refractivity contribution < 1.29 is 19.0 Å². The number of rotatable bonds is 4. The summed E-state index contributed by atoms with van der Waals surface area (Å²) in [6.07, 6.45) is 0.958. The van der Waals surface area contributed by atoms with Gasteiger partial charge in [-0.15, -0.1) is 0 Å². The molecule has 0 spiro atoms. The third-order valence-corrected chi connectivity index (χ3v) is 3.99. The first-order valence-electron chi connectivity index (χ1n) is 7.55. The molecule has 24 heavy (non-hydrogen) atoms. The molecule has 1 aliphatic heterocycles. The van der Waals surface area contributed by atoms with Crippen molar-refractivity contribution in [3.05, 3.63) is 52.7 Å². The zero-order chi connectivity index (χ0) is 17.3. The summed E-state index contributed by atoms with van der Waals surface area (Å²) in [4.78, 5) is 24.6. The van der Waals surface area contributed by atoms with Gasteiger partial charge in [0.25, 0.3) is 0 Å². The monoisotopic (exact) mass is 332 g/mol. The van der Waals surface area contributed by atoms with Crippen LogP contribution in [0.15, 0.2) is 41.3 Å². The van der Waals surface area contributed by atoms with Gasteiger partial charge < -0.3 is 14.4 Å². The predicted molar refractivity (Wildman–Crippen MR) is 86.4 cm³/mol. The first kappa shape index (κ1) is 16.2. The Bertz CT molecular complexity index is 834. The largest absolute Gasteiger partial charge is 0.444 e. The highest BCUT2D eigenvalue weighted by molar-refractivity contribution is 5.90. The fraction of sp³-hybridized carbons (Fsp3) is 0.294. The van der Waals surface area contributed by atoms with E-state index in [1.165, 1.54) is 21.6 Å². The van der Waals surface area contributed by atoms with Gasteiger partial charge in [0.05, 0.1) is 12.2 Å². The van der Waals surface area contributed by atoms with Crippen LogP contribution in [0.3, 0.4) is 0 Å². The lowest BCUT2D eigenvalue weighted by atomic mass is 10.1. The van der Waals surface area contributed by atoms with E-state index in [0.29, 0.717) is 23.2 Å². The van der Waals surface area contributed by atoms with Crippen LogP contribution in [0.4, 0.5) is 14.9 Å². The quantitative estimate of drug-likeness (QED) is 0.928. The van der Waals surface area contributed by atoms with Crippen molar-refractivity contribution in [2.24, 2.45) is 7.05 Å². The molecule has 1 aliphatic rings. The van der Waals surface area contributed by atoms with Gasteiger partial charge in [-0.3, -0.25) is 9.69 Å². The van der Waals surface area contributed by atoms with Gasteiger partial charge in [0.1, 0.15) is 11.9 Å². The Morgan fingerprint density at radius 2 is 2.08 bits per heavy atom. The summed E-state index contributed by atoms with van der Waals surface area (Å²) < 4.78 is 21.0. The summed E-state index contributed by atoms with van der Waals surface area (Å²) in [5.74, 6) is -0.496. The molecular formula is C17H17FN2O4. The molecule has 0 unspecified atom stereocenters. The first-order chi connectivity index (χ1) is 11.5. The van der Waals surface area contributed by atoms with Crippen LogP contribution in [0.1, 0.15) is 6.42 Å². The number of amides is 1. The molecule has 0 bridgehead atoms. The van der Waals surface area contributed by atoms with Crippen LogP contribution in [0.5, 0.6) is 0 Å². The summed E-state index contributed by atoms with van der Waals surface area (Å²) >= 11 is 0. The number of carbonyl (C=O) groups is 1. The van der Waals surface area contributed by atoms with Gasteiger partial charge in [0, 0.05) is 43.5 Å². The minimum atomic E-state index is -0.553. The van der Waals surface area contributed by atoms with Gasteiger partial charge in [0.2, 0.25) is 5.56 Å².